The second-order valence-corrected chi connectivity index (χ2v) is 8.50. The van der Waals surface area contributed by atoms with Crippen LogP contribution in [-0.2, 0) is 0 Å². The van der Waals surface area contributed by atoms with Crippen LogP contribution in [0.1, 0.15) is 11.1 Å². The zero-order valence-electron chi connectivity index (χ0n) is 16.9. The zero-order valence-corrected chi connectivity index (χ0v) is 18.5. The molecule has 4 aromatic rings. The maximum atomic E-state index is 6.06. The van der Waals surface area contributed by atoms with E-state index < -0.39 is 0 Å². The van der Waals surface area contributed by atoms with Gasteiger partial charge in [0.1, 0.15) is 5.75 Å². The maximum Gasteiger partial charge on any atom is 0.196 e. The third-order valence-corrected chi connectivity index (χ3v) is 5.75. The van der Waals surface area contributed by atoms with Crippen molar-refractivity contribution in [1.82, 2.24) is 14.8 Å². The molecular weight excluding hydrogens is 414 g/mol. The number of halogens is 1. The summed E-state index contributed by atoms with van der Waals surface area (Å²) in [6.07, 6.45) is 0. The number of ether oxygens (including phenoxy) is 1. The van der Waals surface area contributed by atoms with Gasteiger partial charge in [0.05, 0.1) is 6.61 Å². The van der Waals surface area contributed by atoms with Gasteiger partial charge in [0.2, 0.25) is 0 Å². The summed E-state index contributed by atoms with van der Waals surface area (Å²) in [5.41, 5.74) is 4.41. The number of hydrogen-bond acceptors (Lipinski definition) is 4. The van der Waals surface area contributed by atoms with Crippen molar-refractivity contribution in [2.75, 3.05) is 12.4 Å². The second kappa shape index (κ2) is 9.37. The summed E-state index contributed by atoms with van der Waals surface area (Å²) >= 11 is 7.69. The molecule has 0 aliphatic carbocycles. The highest BCUT2D eigenvalue weighted by atomic mass is 35.5. The van der Waals surface area contributed by atoms with Crippen LogP contribution in [0.5, 0.6) is 5.75 Å². The van der Waals surface area contributed by atoms with Gasteiger partial charge in [-0.05, 0) is 67.9 Å². The van der Waals surface area contributed by atoms with Crippen LogP contribution in [0.15, 0.2) is 78.0 Å². The van der Waals surface area contributed by atoms with Gasteiger partial charge in [-0.15, -0.1) is 10.2 Å². The Hall–Kier alpha value is -2.76. The van der Waals surface area contributed by atoms with Gasteiger partial charge in [0.15, 0.2) is 11.0 Å². The Bertz CT molecular complexity index is 1120. The first-order chi connectivity index (χ1) is 14.6. The predicted molar refractivity (Wildman–Crippen MR) is 124 cm³/mol. The number of nitrogens with zero attached hydrogens (tertiary/aromatic N) is 3. The van der Waals surface area contributed by atoms with Gasteiger partial charge < -0.3 is 4.74 Å². The number of benzene rings is 3. The third-order valence-electron chi connectivity index (χ3n) is 4.60. The van der Waals surface area contributed by atoms with Crippen molar-refractivity contribution in [3.8, 4) is 22.8 Å². The van der Waals surface area contributed by atoms with Crippen LogP contribution < -0.4 is 4.74 Å². The first-order valence-electron chi connectivity index (χ1n) is 9.71. The SMILES string of the molecule is Cc1ccc(OCCSc2nnc(-c3ccc(Cl)cc3)n2-c2cccc(C)c2)cc1. The van der Waals surface area contributed by atoms with Crippen LogP contribution >= 0.6 is 23.4 Å². The second-order valence-electron chi connectivity index (χ2n) is 7.00. The van der Waals surface area contributed by atoms with E-state index in [9.17, 15) is 0 Å². The first kappa shape index (κ1) is 20.5. The molecule has 0 saturated heterocycles. The first-order valence-corrected chi connectivity index (χ1v) is 11.1. The molecule has 0 spiro atoms. The summed E-state index contributed by atoms with van der Waals surface area (Å²) in [5.74, 6) is 2.43. The Morgan fingerprint density at radius 3 is 2.40 bits per heavy atom. The molecule has 0 atom stereocenters. The van der Waals surface area contributed by atoms with E-state index in [0.717, 1.165) is 33.7 Å². The van der Waals surface area contributed by atoms with E-state index in [4.69, 9.17) is 16.3 Å². The molecule has 1 aromatic heterocycles. The van der Waals surface area contributed by atoms with Gasteiger partial charge in [0.25, 0.3) is 0 Å². The topological polar surface area (TPSA) is 39.9 Å². The number of rotatable bonds is 7. The Morgan fingerprint density at radius 2 is 1.67 bits per heavy atom. The van der Waals surface area contributed by atoms with E-state index in [-0.39, 0.29) is 0 Å². The Morgan fingerprint density at radius 1 is 0.900 bits per heavy atom. The molecule has 4 nitrogen and oxygen atoms in total. The smallest absolute Gasteiger partial charge is 0.196 e. The number of aryl methyl sites for hydroxylation is 2. The molecule has 0 unspecified atom stereocenters. The number of aromatic nitrogens is 3. The van der Waals surface area contributed by atoms with Gasteiger partial charge >= 0.3 is 0 Å². The van der Waals surface area contributed by atoms with E-state index in [1.807, 2.05) is 42.5 Å². The minimum Gasteiger partial charge on any atom is -0.493 e. The van der Waals surface area contributed by atoms with E-state index in [1.165, 1.54) is 11.1 Å². The van der Waals surface area contributed by atoms with Crippen molar-refractivity contribution in [2.45, 2.75) is 19.0 Å². The Labute approximate surface area is 185 Å². The van der Waals surface area contributed by atoms with Gasteiger partial charge in [0, 0.05) is 22.0 Å². The van der Waals surface area contributed by atoms with Crippen LogP contribution in [0.2, 0.25) is 5.02 Å². The summed E-state index contributed by atoms with van der Waals surface area (Å²) in [6.45, 7) is 4.73. The summed E-state index contributed by atoms with van der Waals surface area (Å²) in [7, 11) is 0. The lowest BCUT2D eigenvalue weighted by molar-refractivity contribution is 0.344. The number of thioether (sulfide) groups is 1. The van der Waals surface area contributed by atoms with E-state index in [2.05, 4.69) is 58.9 Å². The van der Waals surface area contributed by atoms with E-state index in [0.29, 0.717) is 11.6 Å². The average molecular weight is 436 g/mol. The van der Waals surface area contributed by atoms with Crippen molar-refractivity contribution in [3.05, 3.63) is 88.9 Å². The van der Waals surface area contributed by atoms with E-state index >= 15 is 0 Å². The highest BCUT2D eigenvalue weighted by molar-refractivity contribution is 7.99. The molecule has 0 aliphatic heterocycles. The molecule has 30 heavy (non-hydrogen) atoms. The molecule has 0 bridgehead atoms. The molecule has 0 radical (unpaired) electrons. The minimum atomic E-state index is 0.588. The molecule has 1 heterocycles. The molecule has 0 saturated carbocycles. The quantitative estimate of drug-likeness (QED) is 0.249. The Balaban J connectivity index is 1.56. The van der Waals surface area contributed by atoms with Crippen LogP contribution in [0.3, 0.4) is 0 Å². The molecule has 3 aromatic carbocycles. The average Bonchev–Trinajstić information content (AvgIpc) is 3.17. The van der Waals surface area contributed by atoms with Gasteiger partial charge in [-0.25, -0.2) is 0 Å². The standard InChI is InChI=1S/C24H22ClN3OS/c1-17-6-12-22(13-7-17)29-14-15-30-24-27-26-23(19-8-10-20(25)11-9-19)28(24)21-5-3-4-18(2)16-21/h3-13,16H,14-15H2,1-2H3. The molecule has 0 fully saturated rings. The van der Waals surface area contributed by atoms with Gasteiger partial charge in [-0.1, -0.05) is 53.2 Å². The van der Waals surface area contributed by atoms with Crippen molar-refractivity contribution >= 4 is 23.4 Å². The fourth-order valence-electron chi connectivity index (χ4n) is 3.08. The predicted octanol–water partition coefficient (Wildman–Crippen LogP) is 6.38. The summed E-state index contributed by atoms with van der Waals surface area (Å²) in [5, 5.41) is 10.5. The lowest BCUT2D eigenvalue weighted by Gasteiger charge is -2.11. The fourth-order valence-corrected chi connectivity index (χ4v) is 3.97. The van der Waals surface area contributed by atoms with Crippen LogP contribution in [0.25, 0.3) is 17.1 Å². The molecule has 4 rings (SSSR count). The highest BCUT2D eigenvalue weighted by Gasteiger charge is 2.16. The minimum absolute atomic E-state index is 0.588. The molecule has 6 heteroatoms. The summed E-state index contributed by atoms with van der Waals surface area (Å²) in [4.78, 5) is 0. The van der Waals surface area contributed by atoms with Crippen LogP contribution in [-0.4, -0.2) is 27.1 Å². The highest BCUT2D eigenvalue weighted by Crippen LogP contribution is 2.29. The largest absolute Gasteiger partial charge is 0.493 e. The molecule has 0 aliphatic rings. The van der Waals surface area contributed by atoms with Crippen molar-refractivity contribution in [3.63, 3.8) is 0 Å². The third kappa shape index (κ3) is 4.86. The van der Waals surface area contributed by atoms with Crippen molar-refractivity contribution < 1.29 is 4.74 Å². The molecular formula is C24H22ClN3OS. The maximum absolute atomic E-state index is 6.06. The van der Waals surface area contributed by atoms with E-state index in [1.54, 1.807) is 11.8 Å². The molecule has 152 valence electrons. The van der Waals surface area contributed by atoms with Gasteiger partial charge in [-0.2, -0.15) is 0 Å². The fraction of sp³-hybridized carbons (Fsp3) is 0.167. The number of hydrogen-bond donors (Lipinski definition) is 0. The van der Waals surface area contributed by atoms with Gasteiger partial charge in [-0.3, -0.25) is 4.57 Å². The van der Waals surface area contributed by atoms with Crippen LogP contribution in [0, 0.1) is 13.8 Å². The van der Waals surface area contributed by atoms with Crippen molar-refractivity contribution in [1.29, 1.82) is 0 Å². The molecule has 0 N–H and O–H groups in total. The zero-order chi connectivity index (χ0) is 20.9. The van der Waals surface area contributed by atoms with Crippen molar-refractivity contribution in [2.24, 2.45) is 0 Å². The lowest BCUT2D eigenvalue weighted by Crippen LogP contribution is -2.03. The Kier molecular flexibility index (Phi) is 6.41. The van der Waals surface area contributed by atoms with Crippen LogP contribution in [0.4, 0.5) is 0 Å². The summed E-state index contributed by atoms with van der Waals surface area (Å²) in [6, 6.07) is 24.1. The normalized spacial score (nSPS) is 10.9. The monoisotopic (exact) mass is 435 g/mol. The molecule has 0 amide bonds. The summed E-state index contributed by atoms with van der Waals surface area (Å²) < 4.78 is 7.95. The lowest BCUT2D eigenvalue weighted by atomic mass is 10.2.